The van der Waals surface area contributed by atoms with Gasteiger partial charge < -0.3 is 10.1 Å². The van der Waals surface area contributed by atoms with Gasteiger partial charge in [0.2, 0.25) is 0 Å². The molecule has 0 spiro atoms. The fraction of sp³-hybridized carbons (Fsp3) is 0.500. The molecule has 15 heavy (non-hydrogen) atoms. The van der Waals surface area contributed by atoms with E-state index in [-0.39, 0.29) is 0 Å². The summed E-state index contributed by atoms with van der Waals surface area (Å²) < 4.78 is 5.31. The third kappa shape index (κ3) is 4.22. The zero-order valence-electron chi connectivity index (χ0n) is 9.35. The molecule has 0 aromatic heterocycles. The van der Waals surface area contributed by atoms with Crippen LogP contribution < -0.4 is 10.1 Å². The molecule has 1 rings (SSSR count). The quantitative estimate of drug-likeness (QED) is 0.635. The Bertz CT molecular complexity index is 302. The highest BCUT2D eigenvalue weighted by molar-refractivity contribution is 9.09. The van der Waals surface area contributed by atoms with Crippen molar-refractivity contribution in [1.29, 1.82) is 0 Å². The molecule has 0 bridgehead atoms. The monoisotopic (exact) mass is 271 g/mol. The van der Waals surface area contributed by atoms with E-state index < -0.39 is 0 Å². The molecule has 0 radical (unpaired) electrons. The molecule has 0 aliphatic heterocycles. The van der Waals surface area contributed by atoms with Crippen LogP contribution in [0.3, 0.4) is 0 Å². The molecule has 0 aliphatic rings. The molecule has 1 N–H and O–H groups in total. The maximum Gasteiger partial charge on any atom is 0.123 e. The number of rotatable bonds is 6. The summed E-state index contributed by atoms with van der Waals surface area (Å²) in [7, 11) is 1.71. The van der Waals surface area contributed by atoms with Crippen molar-refractivity contribution < 1.29 is 4.74 Å². The molecular weight excluding hydrogens is 254 g/mol. The summed E-state index contributed by atoms with van der Waals surface area (Å²) in [6.45, 7) is 4.00. The Morgan fingerprint density at radius 1 is 1.40 bits per heavy atom. The summed E-state index contributed by atoms with van der Waals surface area (Å²) in [5, 5.41) is 4.44. The minimum Gasteiger partial charge on any atom is -0.496 e. The van der Waals surface area contributed by atoms with E-state index in [1.807, 2.05) is 6.07 Å². The normalized spacial score (nSPS) is 10.3. The first-order valence-electron chi connectivity index (χ1n) is 5.18. The lowest BCUT2D eigenvalue weighted by molar-refractivity contribution is 0.407. The van der Waals surface area contributed by atoms with Gasteiger partial charge >= 0.3 is 0 Å². The van der Waals surface area contributed by atoms with E-state index in [1.165, 1.54) is 11.1 Å². The van der Waals surface area contributed by atoms with Gasteiger partial charge in [0, 0.05) is 17.4 Å². The van der Waals surface area contributed by atoms with Crippen LogP contribution in [0, 0.1) is 6.92 Å². The summed E-state index contributed by atoms with van der Waals surface area (Å²) >= 11 is 3.41. The average Bonchev–Trinajstić information content (AvgIpc) is 2.25. The highest BCUT2D eigenvalue weighted by atomic mass is 79.9. The molecule has 0 amide bonds. The van der Waals surface area contributed by atoms with Gasteiger partial charge in [-0.2, -0.15) is 0 Å². The van der Waals surface area contributed by atoms with Crippen LogP contribution >= 0.6 is 15.9 Å². The third-order valence-corrected chi connectivity index (χ3v) is 2.80. The molecule has 0 fully saturated rings. The number of ether oxygens (including phenoxy) is 1. The van der Waals surface area contributed by atoms with Gasteiger partial charge in [0.15, 0.2) is 0 Å². The van der Waals surface area contributed by atoms with Gasteiger partial charge in [-0.25, -0.2) is 0 Å². The molecule has 0 saturated carbocycles. The van der Waals surface area contributed by atoms with Crippen molar-refractivity contribution in [3.05, 3.63) is 29.3 Å². The number of hydrogen-bond acceptors (Lipinski definition) is 2. The summed E-state index contributed by atoms with van der Waals surface area (Å²) in [6, 6.07) is 6.26. The van der Waals surface area contributed by atoms with Gasteiger partial charge in [-0.05, 0) is 26.0 Å². The highest BCUT2D eigenvalue weighted by Gasteiger charge is 2.01. The second-order valence-corrected chi connectivity index (χ2v) is 4.33. The van der Waals surface area contributed by atoms with E-state index in [0.29, 0.717) is 0 Å². The lowest BCUT2D eigenvalue weighted by atomic mass is 10.1. The predicted molar refractivity (Wildman–Crippen MR) is 67.8 cm³/mol. The fourth-order valence-electron chi connectivity index (χ4n) is 1.46. The lowest BCUT2D eigenvalue weighted by Crippen LogP contribution is -2.15. The van der Waals surface area contributed by atoms with Crippen molar-refractivity contribution in [2.45, 2.75) is 19.9 Å². The Morgan fingerprint density at radius 3 is 2.87 bits per heavy atom. The number of aryl methyl sites for hydroxylation is 1. The molecule has 1 aromatic rings. The Labute approximate surface area is 100 Å². The number of methoxy groups -OCH3 is 1. The van der Waals surface area contributed by atoms with E-state index in [0.717, 1.165) is 30.6 Å². The molecule has 3 heteroatoms. The summed E-state index contributed by atoms with van der Waals surface area (Å²) in [5.41, 5.74) is 2.50. The predicted octanol–water partition coefficient (Wildman–Crippen LogP) is 2.88. The molecule has 0 aliphatic carbocycles. The number of nitrogens with one attached hydrogen (secondary N) is 1. The van der Waals surface area contributed by atoms with Crippen LogP contribution in [0.2, 0.25) is 0 Å². The summed E-state index contributed by atoms with van der Waals surface area (Å²) in [6.07, 6.45) is 1.15. The lowest BCUT2D eigenvalue weighted by Gasteiger charge is -2.10. The van der Waals surface area contributed by atoms with E-state index in [1.54, 1.807) is 7.11 Å². The van der Waals surface area contributed by atoms with Crippen molar-refractivity contribution in [2.24, 2.45) is 0 Å². The Kier molecular flexibility index (Phi) is 5.73. The van der Waals surface area contributed by atoms with Crippen molar-refractivity contribution in [3.8, 4) is 5.75 Å². The van der Waals surface area contributed by atoms with Crippen molar-refractivity contribution in [3.63, 3.8) is 0 Å². The van der Waals surface area contributed by atoms with E-state index >= 15 is 0 Å². The minimum atomic E-state index is 0.873. The number of alkyl halides is 1. The first-order chi connectivity index (χ1) is 7.27. The van der Waals surface area contributed by atoms with E-state index in [4.69, 9.17) is 4.74 Å². The van der Waals surface area contributed by atoms with Crippen LogP contribution in [0.15, 0.2) is 18.2 Å². The van der Waals surface area contributed by atoms with Gasteiger partial charge in [-0.15, -0.1) is 0 Å². The fourth-order valence-corrected chi connectivity index (χ4v) is 1.74. The van der Waals surface area contributed by atoms with E-state index in [2.05, 4.69) is 40.3 Å². The number of hydrogen-bond donors (Lipinski definition) is 1. The number of benzene rings is 1. The first-order valence-corrected chi connectivity index (χ1v) is 6.30. The molecule has 1 aromatic carbocycles. The Morgan fingerprint density at radius 2 is 2.20 bits per heavy atom. The first kappa shape index (κ1) is 12.5. The molecular formula is C12H18BrNO. The summed E-state index contributed by atoms with van der Waals surface area (Å²) in [5.74, 6) is 0.965. The van der Waals surface area contributed by atoms with Crippen molar-refractivity contribution >= 4 is 15.9 Å². The van der Waals surface area contributed by atoms with Gasteiger partial charge in [-0.1, -0.05) is 33.6 Å². The van der Waals surface area contributed by atoms with Gasteiger partial charge in [0.05, 0.1) is 7.11 Å². The van der Waals surface area contributed by atoms with Crippen LogP contribution in [-0.2, 0) is 6.54 Å². The number of halogens is 1. The maximum absolute atomic E-state index is 5.31. The maximum atomic E-state index is 5.31. The van der Waals surface area contributed by atoms with Crippen LogP contribution in [0.25, 0.3) is 0 Å². The highest BCUT2D eigenvalue weighted by Crippen LogP contribution is 2.19. The molecule has 0 atom stereocenters. The second kappa shape index (κ2) is 6.85. The molecule has 0 saturated heterocycles. The molecule has 84 valence electrons. The second-order valence-electron chi connectivity index (χ2n) is 3.53. The zero-order valence-corrected chi connectivity index (χ0v) is 10.9. The zero-order chi connectivity index (χ0) is 11.1. The van der Waals surface area contributed by atoms with Crippen LogP contribution in [0.5, 0.6) is 5.75 Å². The Hall–Kier alpha value is -0.540. The molecule has 0 heterocycles. The Balaban J connectivity index is 2.54. The average molecular weight is 272 g/mol. The standard InChI is InChI=1S/C12H18BrNO/c1-10-4-5-12(15-2)11(8-10)9-14-7-3-6-13/h4-5,8,14H,3,6-7,9H2,1-2H3. The SMILES string of the molecule is COc1ccc(C)cc1CNCCCBr. The smallest absolute Gasteiger partial charge is 0.123 e. The molecule has 2 nitrogen and oxygen atoms in total. The third-order valence-electron chi connectivity index (χ3n) is 2.24. The molecule has 0 unspecified atom stereocenters. The van der Waals surface area contributed by atoms with Gasteiger partial charge in [-0.3, -0.25) is 0 Å². The largest absolute Gasteiger partial charge is 0.496 e. The van der Waals surface area contributed by atoms with E-state index in [9.17, 15) is 0 Å². The van der Waals surface area contributed by atoms with Gasteiger partial charge in [0.1, 0.15) is 5.75 Å². The van der Waals surface area contributed by atoms with Gasteiger partial charge in [0.25, 0.3) is 0 Å². The van der Waals surface area contributed by atoms with Crippen molar-refractivity contribution in [2.75, 3.05) is 19.0 Å². The van der Waals surface area contributed by atoms with Crippen LogP contribution in [0.4, 0.5) is 0 Å². The van der Waals surface area contributed by atoms with Crippen LogP contribution in [0.1, 0.15) is 17.5 Å². The summed E-state index contributed by atoms with van der Waals surface area (Å²) in [4.78, 5) is 0. The topological polar surface area (TPSA) is 21.3 Å². The minimum absolute atomic E-state index is 0.873. The van der Waals surface area contributed by atoms with Crippen LogP contribution in [-0.4, -0.2) is 19.0 Å². The van der Waals surface area contributed by atoms with Crippen molar-refractivity contribution in [1.82, 2.24) is 5.32 Å².